The highest BCUT2D eigenvalue weighted by Crippen LogP contribution is 2.38. The summed E-state index contributed by atoms with van der Waals surface area (Å²) in [4.78, 5) is 6.51. The SMILES string of the molecule is CN=C(NCc1cc(OC)c(OC)c(OC)c1)NCC(c1cccc(OC)c1)N(C)C. The van der Waals surface area contributed by atoms with Gasteiger partial charge in [0.2, 0.25) is 5.75 Å². The van der Waals surface area contributed by atoms with Gasteiger partial charge in [-0.15, -0.1) is 0 Å². The Kier molecular flexibility index (Phi) is 9.27. The zero-order chi connectivity index (χ0) is 22.8. The van der Waals surface area contributed by atoms with Gasteiger partial charge in [0.1, 0.15) is 5.75 Å². The van der Waals surface area contributed by atoms with E-state index in [1.807, 2.05) is 24.3 Å². The molecule has 2 rings (SSSR count). The lowest BCUT2D eigenvalue weighted by molar-refractivity contribution is 0.297. The highest BCUT2D eigenvalue weighted by molar-refractivity contribution is 5.79. The van der Waals surface area contributed by atoms with Gasteiger partial charge in [0.25, 0.3) is 0 Å². The molecular weight excluding hydrogens is 396 g/mol. The maximum absolute atomic E-state index is 5.43. The van der Waals surface area contributed by atoms with Crippen LogP contribution in [0.2, 0.25) is 0 Å². The zero-order valence-corrected chi connectivity index (χ0v) is 19.5. The van der Waals surface area contributed by atoms with E-state index >= 15 is 0 Å². The molecule has 8 nitrogen and oxygen atoms in total. The van der Waals surface area contributed by atoms with E-state index in [4.69, 9.17) is 18.9 Å². The number of nitrogens with zero attached hydrogens (tertiary/aromatic N) is 2. The number of methoxy groups -OCH3 is 4. The van der Waals surface area contributed by atoms with E-state index in [1.54, 1.807) is 35.5 Å². The fourth-order valence-electron chi connectivity index (χ4n) is 3.28. The van der Waals surface area contributed by atoms with Crippen molar-refractivity contribution in [1.29, 1.82) is 0 Å². The second kappa shape index (κ2) is 11.9. The average molecular weight is 431 g/mol. The molecule has 0 heterocycles. The lowest BCUT2D eigenvalue weighted by atomic mass is 10.1. The largest absolute Gasteiger partial charge is 0.497 e. The predicted octanol–water partition coefficient (Wildman–Crippen LogP) is 2.69. The van der Waals surface area contributed by atoms with Gasteiger partial charge in [0.15, 0.2) is 17.5 Å². The normalized spacial score (nSPS) is 12.3. The van der Waals surface area contributed by atoms with Crippen molar-refractivity contribution < 1.29 is 18.9 Å². The fraction of sp³-hybridized carbons (Fsp3) is 0.435. The Morgan fingerprint density at radius 3 is 2.13 bits per heavy atom. The van der Waals surface area contributed by atoms with Crippen LogP contribution in [-0.4, -0.2) is 67.0 Å². The predicted molar refractivity (Wildman–Crippen MR) is 124 cm³/mol. The number of hydrogen-bond acceptors (Lipinski definition) is 6. The molecule has 0 amide bonds. The number of nitrogens with one attached hydrogen (secondary N) is 2. The lowest BCUT2D eigenvalue weighted by Crippen LogP contribution is -2.41. The molecule has 2 aromatic carbocycles. The first kappa shape index (κ1) is 24.1. The molecule has 1 atom stereocenters. The second-order valence-electron chi connectivity index (χ2n) is 7.10. The van der Waals surface area contributed by atoms with Gasteiger partial charge in [0, 0.05) is 20.1 Å². The molecule has 8 heteroatoms. The van der Waals surface area contributed by atoms with Gasteiger partial charge >= 0.3 is 0 Å². The van der Waals surface area contributed by atoms with Gasteiger partial charge < -0.3 is 34.5 Å². The molecule has 0 aliphatic carbocycles. The molecule has 0 radical (unpaired) electrons. The van der Waals surface area contributed by atoms with Crippen LogP contribution < -0.4 is 29.6 Å². The van der Waals surface area contributed by atoms with Crippen molar-refractivity contribution in [3.05, 3.63) is 47.5 Å². The van der Waals surface area contributed by atoms with E-state index < -0.39 is 0 Å². The summed E-state index contributed by atoms with van der Waals surface area (Å²) in [5, 5.41) is 6.74. The molecule has 0 saturated heterocycles. The Hall–Kier alpha value is -3.13. The van der Waals surface area contributed by atoms with Crippen molar-refractivity contribution in [1.82, 2.24) is 15.5 Å². The molecule has 2 N–H and O–H groups in total. The molecule has 0 bridgehead atoms. The third-order valence-corrected chi connectivity index (χ3v) is 4.97. The summed E-state index contributed by atoms with van der Waals surface area (Å²) in [6.45, 7) is 1.22. The van der Waals surface area contributed by atoms with Crippen LogP contribution in [0.1, 0.15) is 17.2 Å². The summed E-state index contributed by atoms with van der Waals surface area (Å²) in [7, 11) is 12.3. The molecule has 0 aliphatic rings. The third kappa shape index (κ3) is 6.42. The molecule has 0 fully saturated rings. The number of rotatable bonds is 10. The van der Waals surface area contributed by atoms with Crippen LogP contribution in [0.25, 0.3) is 0 Å². The number of ether oxygens (including phenoxy) is 4. The van der Waals surface area contributed by atoms with Crippen molar-refractivity contribution in [2.45, 2.75) is 12.6 Å². The Bertz CT molecular complexity index is 845. The van der Waals surface area contributed by atoms with Crippen molar-refractivity contribution >= 4 is 5.96 Å². The summed E-state index contributed by atoms with van der Waals surface area (Å²) >= 11 is 0. The summed E-state index contributed by atoms with van der Waals surface area (Å²) in [5.41, 5.74) is 2.14. The van der Waals surface area contributed by atoms with E-state index in [-0.39, 0.29) is 6.04 Å². The second-order valence-corrected chi connectivity index (χ2v) is 7.10. The molecule has 0 aliphatic heterocycles. The van der Waals surface area contributed by atoms with E-state index in [9.17, 15) is 0 Å². The molecule has 0 saturated carbocycles. The number of aliphatic imine (C=N–C) groups is 1. The van der Waals surface area contributed by atoms with Crippen LogP contribution in [-0.2, 0) is 6.54 Å². The maximum atomic E-state index is 5.43. The first-order valence-corrected chi connectivity index (χ1v) is 10.0. The highest BCUT2D eigenvalue weighted by Gasteiger charge is 2.16. The van der Waals surface area contributed by atoms with Crippen LogP contribution in [0.3, 0.4) is 0 Å². The van der Waals surface area contributed by atoms with Gasteiger partial charge in [-0.3, -0.25) is 4.99 Å². The number of guanidine groups is 1. The molecule has 1 unspecified atom stereocenters. The molecule has 0 aromatic heterocycles. The molecule has 2 aromatic rings. The Morgan fingerprint density at radius 2 is 1.61 bits per heavy atom. The minimum Gasteiger partial charge on any atom is -0.497 e. The standard InChI is InChI=1S/C23H34N4O4/c1-24-23(25-14-16-11-20(29-5)22(31-7)21(12-16)30-6)26-15-19(27(2)3)17-9-8-10-18(13-17)28-4/h8-13,19H,14-15H2,1-7H3,(H2,24,25,26). The summed E-state index contributed by atoms with van der Waals surface area (Å²) < 4.78 is 21.6. The van der Waals surface area contributed by atoms with Crippen molar-refractivity contribution in [2.24, 2.45) is 4.99 Å². The molecular formula is C23H34N4O4. The number of benzene rings is 2. The summed E-state index contributed by atoms with van der Waals surface area (Å²) in [6.07, 6.45) is 0. The van der Waals surface area contributed by atoms with Crippen LogP contribution >= 0.6 is 0 Å². The smallest absolute Gasteiger partial charge is 0.203 e. The monoisotopic (exact) mass is 430 g/mol. The maximum Gasteiger partial charge on any atom is 0.203 e. The molecule has 0 spiro atoms. The highest BCUT2D eigenvalue weighted by atomic mass is 16.5. The number of hydrogen-bond donors (Lipinski definition) is 2. The van der Waals surface area contributed by atoms with Gasteiger partial charge in [-0.05, 0) is 49.5 Å². The third-order valence-electron chi connectivity index (χ3n) is 4.97. The van der Waals surface area contributed by atoms with Crippen LogP contribution in [0.15, 0.2) is 41.4 Å². The minimum atomic E-state index is 0.148. The first-order chi connectivity index (χ1) is 15.0. The van der Waals surface area contributed by atoms with Gasteiger partial charge in [-0.1, -0.05) is 12.1 Å². The van der Waals surface area contributed by atoms with E-state index in [0.29, 0.717) is 36.3 Å². The Balaban J connectivity index is 2.06. The minimum absolute atomic E-state index is 0.148. The van der Waals surface area contributed by atoms with Crippen molar-refractivity contribution in [3.8, 4) is 23.0 Å². The van der Waals surface area contributed by atoms with Crippen molar-refractivity contribution in [2.75, 3.05) is 56.1 Å². The quantitative estimate of drug-likeness (QED) is 0.443. The first-order valence-electron chi connectivity index (χ1n) is 10.0. The fourth-order valence-corrected chi connectivity index (χ4v) is 3.28. The summed E-state index contributed by atoms with van der Waals surface area (Å²) in [6, 6.07) is 12.1. The van der Waals surface area contributed by atoms with Gasteiger partial charge in [-0.2, -0.15) is 0 Å². The van der Waals surface area contributed by atoms with E-state index in [0.717, 1.165) is 16.9 Å². The van der Waals surface area contributed by atoms with Gasteiger partial charge in [-0.25, -0.2) is 0 Å². The van der Waals surface area contributed by atoms with Crippen LogP contribution in [0.5, 0.6) is 23.0 Å². The van der Waals surface area contributed by atoms with Crippen LogP contribution in [0.4, 0.5) is 0 Å². The van der Waals surface area contributed by atoms with E-state index in [2.05, 4.69) is 46.8 Å². The Morgan fingerprint density at radius 1 is 0.935 bits per heavy atom. The lowest BCUT2D eigenvalue weighted by Gasteiger charge is -2.26. The average Bonchev–Trinajstić information content (AvgIpc) is 2.80. The molecule has 170 valence electrons. The zero-order valence-electron chi connectivity index (χ0n) is 19.5. The van der Waals surface area contributed by atoms with Gasteiger partial charge in [0.05, 0.1) is 34.5 Å². The topological polar surface area (TPSA) is 76.6 Å². The van der Waals surface area contributed by atoms with E-state index in [1.165, 1.54) is 0 Å². The van der Waals surface area contributed by atoms with Crippen molar-refractivity contribution in [3.63, 3.8) is 0 Å². The number of likely N-dealkylation sites (N-methyl/N-ethyl adjacent to an activating group) is 1. The van der Waals surface area contributed by atoms with Crippen LogP contribution in [0, 0.1) is 0 Å². The summed E-state index contributed by atoms with van der Waals surface area (Å²) in [5.74, 6) is 3.35. The molecule has 31 heavy (non-hydrogen) atoms. The Labute approximate surface area is 185 Å².